The van der Waals surface area contributed by atoms with Crippen LogP contribution in [0, 0.1) is 6.92 Å². The van der Waals surface area contributed by atoms with Crippen molar-refractivity contribution in [1.29, 1.82) is 0 Å². The molecule has 0 saturated carbocycles. The molecule has 0 aliphatic rings. The van der Waals surface area contributed by atoms with Crippen molar-refractivity contribution < 1.29 is 23.9 Å². The maximum atomic E-state index is 12.5. The number of ether oxygens (including phenoxy) is 2. The molecule has 1 amide bonds. The summed E-state index contributed by atoms with van der Waals surface area (Å²) >= 11 is 0. The lowest BCUT2D eigenvalue weighted by atomic mass is 10.4. The van der Waals surface area contributed by atoms with Crippen molar-refractivity contribution in [2.24, 2.45) is 21.1 Å². The lowest BCUT2D eigenvalue weighted by molar-refractivity contribution is 0.0588. The Kier molecular flexibility index (Phi) is 5.22. The third-order valence-electron chi connectivity index (χ3n) is 4.09. The topological polar surface area (TPSA) is 122 Å². The lowest BCUT2D eigenvalue weighted by Gasteiger charge is -2.01. The largest absolute Gasteiger partial charge is 0.464 e. The van der Waals surface area contributed by atoms with Gasteiger partial charge < -0.3 is 28.5 Å². The van der Waals surface area contributed by atoms with Crippen molar-refractivity contribution in [3.05, 3.63) is 47.7 Å². The zero-order valence-electron chi connectivity index (χ0n) is 16.6. The summed E-state index contributed by atoms with van der Waals surface area (Å²) in [5.41, 5.74) is 0.936. The van der Waals surface area contributed by atoms with E-state index in [1.165, 1.54) is 34.7 Å². The van der Waals surface area contributed by atoms with Gasteiger partial charge in [0.15, 0.2) is 11.6 Å². The van der Waals surface area contributed by atoms with E-state index in [1.807, 2.05) is 0 Å². The maximum Gasteiger partial charge on any atom is 0.380 e. The minimum atomic E-state index is -0.747. The van der Waals surface area contributed by atoms with Crippen molar-refractivity contribution in [2.75, 3.05) is 12.4 Å². The average molecular weight is 400 g/mol. The predicted molar refractivity (Wildman–Crippen MR) is 101 cm³/mol. The second-order valence-corrected chi connectivity index (χ2v) is 6.38. The molecular weight excluding hydrogens is 380 g/mol. The van der Waals surface area contributed by atoms with Gasteiger partial charge in [0.1, 0.15) is 11.4 Å². The molecule has 152 valence electrons. The Morgan fingerprint density at radius 3 is 2.24 bits per heavy atom. The number of nitrogens with one attached hydrogen (secondary N) is 1. The molecule has 3 aromatic heterocycles. The van der Waals surface area contributed by atoms with Gasteiger partial charge >= 0.3 is 11.9 Å². The van der Waals surface area contributed by atoms with E-state index in [0.29, 0.717) is 5.69 Å². The first-order valence-corrected chi connectivity index (χ1v) is 8.51. The number of nitrogens with zero attached hydrogens (tertiary/aromatic N) is 5. The highest BCUT2D eigenvalue weighted by Crippen LogP contribution is 2.18. The summed E-state index contributed by atoms with van der Waals surface area (Å²) in [6.45, 7) is 1.78. The Balaban J connectivity index is 1.74. The number of esters is 2. The van der Waals surface area contributed by atoms with Gasteiger partial charge in [-0.05, 0) is 6.92 Å². The highest BCUT2D eigenvalue weighted by atomic mass is 16.5. The maximum absolute atomic E-state index is 12.5. The molecule has 29 heavy (non-hydrogen) atoms. The second-order valence-electron chi connectivity index (χ2n) is 6.38. The molecule has 0 unspecified atom stereocenters. The average Bonchev–Trinajstić information content (AvgIpc) is 3.31. The molecule has 3 rings (SSSR count). The van der Waals surface area contributed by atoms with Crippen molar-refractivity contribution in [3.63, 3.8) is 0 Å². The Hall–Kier alpha value is -3.89. The van der Waals surface area contributed by atoms with Gasteiger partial charge in [0, 0.05) is 45.8 Å². The van der Waals surface area contributed by atoms with Gasteiger partial charge in [-0.3, -0.25) is 4.79 Å². The zero-order chi connectivity index (χ0) is 21.3. The second kappa shape index (κ2) is 7.62. The first kappa shape index (κ1) is 19.9. The van der Waals surface area contributed by atoms with Crippen LogP contribution in [0.25, 0.3) is 0 Å². The highest BCUT2D eigenvalue weighted by molar-refractivity contribution is 6.01. The van der Waals surface area contributed by atoms with Gasteiger partial charge in [0.25, 0.3) is 5.91 Å². The van der Waals surface area contributed by atoms with Gasteiger partial charge in [-0.15, -0.1) is 0 Å². The number of aromatic nitrogens is 5. The lowest BCUT2D eigenvalue weighted by Crippen LogP contribution is -2.17. The number of amides is 1. The fourth-order valence-electron chi connectivity index (χ4n) is 2.77. The molecule has 0 saturated heterocycles. The van der Waals surface area contributed by atoms with E-state index in [-0.39, 0.29) is 28.9 Å². The number of carbonyl (C=O) groups is 3. The van der Waals surface area contributed by atoms with Crippen molar-refractivity contribution in [1.82, 2.24) is 23.7 Å². The molecule has 0 radical (unpaired) electrons. The van der Waals surface area contributed by atoms with Gasteiger partial charge in [0.05, 0.1) is 12.8 Å². The third kappa shape index (κ3) is 4.03. The number of hydrogen-bond acceptors (Lipinski definition) is 7. The normalized spacial score (nSPS) is 10.7. The van der Waals surface area contributed by atoms with Crippen LogP contribution >= 0.6 is 0 Å². The predicted octanol–water partition coefficient (Wildman–Crippen LogP) is 1.06. The Morgan fingerprint density at radius 2 is 1.62 bits per heavy atom. The van der Waals surface area contributed by atoms with Gasteiger partial charge in [-0.25, -0.2) is 19.6 Å². The quantitative estimate of drug-likeness (QED) is 0.635. The van der Waals surface area contributed by atoms with E-state index in [4.69, 9.17) is 4.74 Å². The fourth-order valence-corrected chi connectivity index (χ4v) is 2.77. The molecule has 0 aliphatic heterocycles. The minimum Gasteiger partial charge on any atom is -0.464 e. The number of anilines is 1. The first-order valence-electron chi connectivity index (χ1n) is 8.51. The summed E-state index contributed by atoms with van der Waals surface area (Å²) in [7, 11) is 6.18. The molecule has 0 spiro atoms. The first-order chi connectivity index (χ1) is 13.7. The molecule has 3 aromatic rings. The Labute approximate surface area is 165 Å². The van der Waals surface area contributed by atoms with Gasteiger partial charge in [-0.1, -0.05) is 0 Å². The molecule has 0 aliphatic carbocycles. The van der Waals surface area contributed by atoms with Gasteiger partial charge in [0.2, 0.25) is 5.82 Å². The molecule has 0 fully saturated rings. The monoisotopic (exact) mass is 400 g/mol. The molecule has 0 atom stereocenters. The van der Waals surface area contributed by atoms with E-state index >= 15 is 0 Å². The number of methoxy groups -OCH3 is 1. The highest BCUT2D eigenvalue weighted by Gasteiger charge is 2.21. The van der Waals surface area contributed by atoms with E-state index in [2.05, 4.69) is 20.0 Å². The van der Waals surface area contributed by atoms with Crippen LogP contribution in [-0.4, -0.2) is 48.6 Å². The van der Waals surface area contributed by atoms with Crippen LogP contribution in [-0.2, 0) is 25.9 Å². The minimum absolute atomic E-state index is 0.0280. The van der Waals surface area contributed by atoms with Crippen molar-refractivity contribution in [2.45, 2.75) is 6.92 Å². The summed E-state index contributed by atoms with van der Waals surface area (Å²) in [4.78, 5) is 44.7. The van der Waals surface area contributed by atoms with Crippen LogP contribution in [0.4, 0.5) is 5.82 Å². The zero-order valence-corrected chi connectivity index (χ0v) is 16.6. The number of imidazole rings is 2. The van der Waals surface area contributed by atoms with Crippen molar-refractivity contribution >= 4 is 23.7 Å². The fraction of sp³-hybridized carbons (Fsp3) is 0.278. The van der Waals surface area contributed by atoms with Crippen molar-refractivity contribution in [3.8, 4) is 5.75 Å². The summed E-state index contributed by atoms with van der Waals surface area (Å²) in [6.07, 6.45) is 4.67. The van der Waals surface area contributed by atoms with E-state index < -0.39 is 17.8 Å². The van der Waals surface area contributed by atoms with Crippen LogP contribution in [0.5, 0.6) is 5.75 Å². The third-order valence-corrected chi connectivity index (χ3v) is 4.09. The summed E-state index contributed by atoms with van der Waals surface area (Å²) in [5.74, 6) is -1.23. The van der Waals surface area contributed by atoms with Crippen LogP contribution in [0.1, 0.15) is 37.4 Å². The van der Waals surface area contributed by atoms with Crippen LogP contribution in [0.2, 0.25) is 0 Å². The molecule has 3 heterocycles. The smallest absolute Gasteiger partial charge is 0.380 e. The number of hydrogen-bond donors (Lipinski definition) is 1. The molecule has 11 nitrogen and oxygen atoms in total. The number of aryl methyl sites for hydroxylation is 4. The SMILES string of the molecule is COC(=O)c1cc(OC(=O)c2nc(NC(=O)c3nc(C)cn3C)cn2C)cn1C. The Morgan fingerprint density at radius 1 is 0.931 bits per heavy atom. The van der Waals surface area contributed by atoms with E-state index in [0.717, 1.165) is 0 Å². The number of carbonyl (C=O) groups excluding carboxylic acids is 3. The van der Waals surface area contributed by atoms with E-state index in [1.54, 1.807) is 38.8 Å². The molecule has 1 N–H and O–H groups in total. The Bertz CT molecular complexity index is 1110. The van der Waals surface area contributed by atoms with Crippen LogP contribution < -0.4 is 10.1 Å². The summed E-state index contributed by atoms with van der Waals surface area (Å²) in [6, 6.07) is 1.39. The van der Waals surface area contributed by atoms with Crippen LogP contribution in [0.15, 0.2) is 24.7 Å². The molecule has 0 aromatic carbocycles. The standard InChI is InChI=1S/C18H20N6O5/c1-10-7-23(3)14(19-10)16(25)21-13-9-24(4)15(20-13)18(27)29-11-6-12(17(26)28-5)22(2)8-11/h6-9H,1-5H3,(H,21,25). The molecular formula is C18H20N6O5. The summed E-state index contributed by atoms with van der Waals surface area (Å²) < 4.78 is 14.4. The molecule has 0 bridgehead atoms. The van der Waals surface area contributed by atoms with E-state index in [9.17, 15) is 14.4 Å². The van der Waals surface area contributed by atoms with Gasteiger partial charge in [-0.2, -0.15) is 0 Å². The van der Waals surface area contributed by atoms with Crippen LogP contribution in [0.3, 0.4) is 0 Å². The molecule has 11 heteroatoms. The summed E-state index contributed by atoms with van der Waals surface area (Å²) in [5, 5.41) is 2.60. The number of rotatable bonds is 5.